The molecular formula is C17H17BrFN3O2. The van der Waals surface area contributed by atoms with Crippen LogP contribution in [0.25, 0.3) is 11.5 Å². The van der Waals surface area contributed by atoms with Crippen LogP contribution in [-0.2, 0) is 0 Å². The molecule has 7 heteroatoms. The molecule has 4 rings (SSSR count). The Hall–Kier alpha value is -1.73. The number of amides is 1. The van der Waals surface area contributed by atoms with Crippen LogP contribution in [0.5, 0.6) is 0 Å². The molecule has 2 fully saturated rings. The van der Waals surface area contributed by atoms with E-state index in [-0.39, 0.29) is 29.1 Å². The van der Waals surface area contributed by atoms with Crippen LogP contribution in [0.4, 0.5) is 4.39 Å². The fourth-order valence-corrected chi connectivity index (χ4v) is 4.13. The molecule has 24 heavy (non-hydrogen) atoms. The van der Waals surface area contributed by atoms with E-state index in [4.69, 9.17) is 10.2 Å². The van der Waals surface area contributed by atoms with Crippen LogP contribution in [0.1, 0.15) is 23.3 Å². The summed E-state index contributed by atoms with van der Waals surface area (Å²) in [6, 6.07) is 4.79. The highest BCUT2D eigenvalue weighted by atomic mass is 79.9. The first-order valence-electron chi connectivity index (χ1n) is 7.98. The van der Waals surface area contributed by atoms with E-state index in [9.17, 15) is 9.18 Å². The summed E-state index contributed by atoms with van der Waals surface area (Å²) in [5.74, 6) is 0.346. The number of aromatic nitrogens is 1. The molecule has 0 spiro atoms. The minimum atomic E-state index is -0.452. The van der Waals surface area contributed by atoms with Crippen LogP contribution >= 0.6 is 15.9 Å². The van der Waals surface area contributed by atoms with Crippen LogP contribution in [0, 0.1) is 17.7 Å². The number of likely N-dealkylation sites (tertiary alicyclic amines) is 1. The van der Waals surface area contributed by atoms with Crippen molar-refractivity contribution < 1.29 is 13.6 Å². The molecule has 1 saturated heterocycles. The molecular weight excluding hydrogens is 377 g/mol. The molecule has 3 unspecified atom stereocenters. The van der Waals surface area contributed by atoms with E-state index in [2.05, 4.69) is 20.9 Å². The Morgan fingerprint density at radius 3 is 2.96 bits per heavy atom. The molecule has 0 bridgehead atoms. The van der Waals surface area contributed by atoms with Gasteiger partial charge in [0, 0.05) is 23.6 Å². The van der Waals surface area contributed by atoms with Gasteiger partial charge in [0.2, 0.25) is 5.89 Å². The second kappa shape index (κ2) is 5.97. The maximum atomic E-state index is 14.0. The minimum Gasteiger partial charge on any atom is -0.444 e. The van der Waals surface area contributed by atoms with Crippen molar-refractivity contribution in [3.05, 3.63) is 40.4 Å². The van der Waals surface area contributed by atoms with E-state index in [1.807, 2.05) is 0 Å². The van der Waals surface area contributed by atoms with Crippen molar-refractivity contribution in [2.75, 3.05) is 13.1 Å². The summed E-state index contributed by atoms with van der Waals surface area (Å²) >= 11 is 3.21. The molecule has 1 aromatic carbocycles. The van der Waals surface area contributed by atoms with Gasteiger partial charge in [0.25, 0.3) is 5.91 Å². The molecule has 1 amide bonds. The summed E-state index contributed by atoms with van der Waals surface area (Å²) < 4.78 is 20.0. The van der Waals surface area contributed by atoms with Crippen molar-refractivity contribution >= 4 is 21.8 Å². The Morgan fingerprint density at radius 2 is 2.21 bits per heavy atom. The van der Waals surface area contributed by atoms with Gasteiger partial charge in [-0.2, -0.15) is 0 Å². The fraction of sp³-hybridized carbons (Fsp3) is 0.412. The molecule has 2 heterocycles. The summed E-state index contributed by atoms with van der Waals surface area (Å²) in [5.41, 5.74) is 6.56. The van der Waals surface area contributed by atoms with Crippen molar-refractivity contribution in [3.8, 4) is 11.5 Å². The average Bonchev–Trinajstić information content (AvgIpc) is 3.24. The second-order valence-corrected chi connectivity index (χ2v) is 7.45. The summed E-state index contributed by atoms with van der Waals surface area (Å²) in [6.07, 6.45) is 3.41. The summed E-state index contributed by atoms with van der Waals surface area (Å²) in [6.45, 7) is 1.38. The SMILES string of the molecule is NC1CCC2CN(C(=O)c3coc(-c4ccc(Br)cc4F)n3)CC12. The maximum Gasteiger partial charge on any atom is 0.275 e. The molecule has 5 nitrogen and oxygen atoms in total. The Labute approximate surface area is 147 Å². The summed E-state index contributed by atoms with van der Waals surface area (Å²) in [4.78, 5) is 18.6. The first-order valence-corrected chi connectivity index (χ1v) is 8.78. The van der Waals surface area contributed by atoms with Gasteiger partial charge in [-0.3, -0.25) is 4.79 Å². The topological polar surface area (TPSA) is 72.4 Å². The largest absolute Gasteiger partial charge is 0.444 e. The summed E-state index contributed by atoms with van der Waals surface area (Å²) in [5, 5.41) is 0. The van der Waals surface area contributed by atoms with Crippen molar-refractivity contribution in [1.29, 1.82) is 0 Å². The molecule has 0 radical (unpaired) electrons. The first kappa shape index (κ1) is 15.8. The van der Waals surface area contributed by atoms with Gasteiger partial charge >= 0.3 is 0 Å². The van der Waals surface area contributed by atoms with Crippen LogP contribution in [0.2, 0.25) is 0 Å². The van der Waals surface area contributed by atoms with Gasteiger partial charge in [0.1, 0.15) is 12.1 Å². The zero-order valence-corrected chi connectivity index (χ0v) is 14.5. The van der Waals surface area contributed by atoms with Crippen LogP contribution in [0.15, 0.2) is 33.4 Å². The number of oxazole rings is 1. The molecule has 1 aromatic heterocycles. The van der Waals surface area contributed by atoms with E-state index in [1.165, 1.54) is 12.3 Å². The lowest BCUT2D eigenvalue weighted by atomic mass is 9.98. The predicted molar refractivity (Wildman–Crippen MR) is 89.7 cm³/mol. The van der Waals surface area contributed by atoms with E-state index in [0.717, 1.165) is 12.8 Å². The van der Waals surface area contributed by atoms with Crippen LogP contribution in [-0.4, -0.2) is 34.9 Å². The van der Waals surface area contributed by atoms with E-state index in [0.29, 0.717) is 29.4 Å². The third-order valence-corrected chi connectivity index (χ3v) is 5.58. The molecule has 3 atom stereocenters. The monoisotopic (exact) mass is 393 g/mol. The molecule has 2 aliphatic rings. The Kier molecular flexibility index (Phi) is 3.92. The molecule has 1 aliphatic heterocycles. The fourth-order valence-electron chi connectivity index (χ4n) is 3.79. The number of carbonyl (C=O) groups excluding carboxylic acids is 1. The number of hydrogen-bond acceptors (Lipinski definition) is 4. The first-order chi connectivity index (χ1) is 11.5. The zero-order chi connectivity index (χ0) is 16.8. The standard InChI is InChI=1S/C17H17BrFN3O2/c18-10-2-3-11(13(19)5-10)16-21-15(8-24-16)17(23)22-6-9-1-4-14(20)12(9)7-22/h2-3,5,8-9,12,14H,1,4,6-7,20H2. The van der Waals surface area contributed by atoms with Crippen molar-refractivity contribution in [3.63, 3.8) is 0 Å². The quantitative estimate of drug-likeness (QED) is 0.850. The van der Waals surface area contributed by atoms with Gasteiger partial charge in [-0.15, -0.1) is 0 Å². The molecule has 126 valence electrons. The van der Waals surface area contributed by atoms with Gasteiger partial charge in [0.15, 0.2) is 5.69 Å². The van der Waals surface area contributed by atoms with Gasteiger partial charge in [0.05, 0.1) is 5.56 Å². The van der Waals surface area contributed by atoms with Crippen molar-refractivity contribution in [2.24, 2.45) is 17.6 Å². The van der Waals surface area contributed by atoms with Gasteiger partial charge < -0.3 is 15.1 Å². The van der Waals surface area contributed by atoms with Crippen molar-refractivity contribution in [2.45, 2.75) is 18.9 Å². The second-order valence-electron chi connectivity index (χ2n) is 6.54. The highest BCUT2D eigenvalue weighted by Crippen LogP contribution is 2.37. The number of rotatable bonds is 2. The van der Waals surface area contributed by atoms with Gasteiger partial charge in [-0.05, 0) is 42.9 Å². The number of fused-ring (bicyclic) bond motifs is 1. The third kappa shape index (κ3) is 2.65. The molecule has 1 aliphatic carbocycles. The van der Waals surface area contributed by atoms with Crippen molar-refractivity contribution in [1.82, 2.24) is 9.88 Å². The number of benzene rings is 1. The highest BCUT2D eigenvalue weighted by molar-refractivity contribution is 9.10. The highest BCUT2D eigenvalue weighted by Gasteiger charge is 2.43. The lowest BCUT2D eigenvalue weighted by Gasteiger charge is -2.17. The Balaban J connectivity index is 1.54. The number of hydrogen-bond donors (Lipinski definition) is 1. The number of halogens is 2. The number of carbonyl (C=O) groups is 1. The number of nitrogens with zero attached hydrogens (tertiary/aromatic N) is 2. The number of nitrogens with two attached hydrogens (primary N) is 1. The Bertz CT molecular complexity index is 794. The van der Waals surface area contributed by atoms with Gasteiger partial charge in [-0.1, -0.05) is 15.9 Å². The van der Waals surface area contributed by atoms with E-state index in [1.54, 1.807) is 17.0 Å². The third-order valence-electron chi connectivity index (χ3n) is 5.08. The van der Waals surface area contributed by atoms with Crippen LogP contribution in [0.3, 0.4) is 0 Å². The minimum absolute atomic E-state index is 0.111. The average molecular weight is 394 g/mol. The molecule has 2 N–H and O–H groups in total. The lowest BCUT2D eigenvalue weighted by molar-refractivity contribution is 0.0773. The zero-order valence-electron chi connectivity index (χ0n) is 12.9. The normalized spacial score (nSPS) is 26.0. The van der Waals surface area contributed by atoms with E-state index >= 15 is 0 Å². The lowest BCUT2D eigenvalue weighted by Crippen LogP contribution is -2.33. The smallest absolute Gasteiger partial charge is 0.275 e. The molecule has 1 saturated carbocycles. The summed E-state index contributed by atoms with van der Waals surface area (Å²) in [7, 11) is 0. The Morgan fingerprint density at radius 1 is 1.38 bits per heavy atom. The van der Waals surface area contributed by atoms with E-state index < -0.39 is 5.82 Å². The maximum absolute atomic E-state index is 14.0. The van der Waals surface area contributed by atoms with Gasteiger partial charge in [-0.25, -0.2) is 9.37 Å². The molecule has 2 aromatic rings. The van der Waals surface area contributed by atoms with Crippen LogP contribution < -0.4 is 5.73 Å². The predicted octanol–water partition coefficient (Wildman–Crippen LogP) is 3.05.